The molecule has 14 heteroatoms. The van der Waals surface area contributed by atoms with E-state index >= 15 is 0 Å². The van der Waals surface area contributed by atoms with Crippen LogP contribution < -0.4 is 15.0 Å². The van der Waals surface area contributed by atoms with Crippen LogP contribution in [0.2, 0.25) is 0 Å². The summed E-state index contributed by atoms with van der Waals surface area (Å²) in [5.41, 5.74) is -2.49. The van der Waals surface area contributed by atoms with E-state index in [0.717, 1.165) is 69.5 Å². The third-order valence-corrected chi connectivity index (χ3v) is 12.8. The number of benzene rings is 1. The van der Waals surface area contributed by atoms with Crippen molar-refractivity contribution in [2.24, 2.45) is 17.8 Å². The highest BCUT2D eigenvalue weighted by molar-refractivity contribution is 5.99. The van der Waals surface area contributed by atoms with Crippen LogP contribution in [0.3, 0.4) is 0 Å². The van der Waals surface area contributed by atoms with Crippen LogP contribution in [0.4, 0.5) is 33.6 Å². The number of hydrogen-bond donors (Lipinski definition) is 2. The fourth-order valence-electron chi connectivity index (χ4n) is 10.5. The molecule has 2 N–H and O–H groups in total. The van der Waals surface area contributed by atoms with Crippen LogP contribution in [-0.2, 0) is 16.4 Å². The molecular formula is C37H44F5N5O4. The number of alkyl halides is 5. The maximum absolute atomic E-state index is 14.6. The number of likely N-dealkylation sites (tertiary alicyclic amines) is 1. The molecule has 4 aliphatic carbocycles. The molecule has 51 heavy (non-hydrogen) atoms. The smallest absolute Gasteiger partial charge is 0.434 e. The van der Waals surface area contributed by atoms with Crippen LogP contribution in [0.1, 0.15) is 106 Å². The number of aliphatic carboxylic acids is 1. The van der Waals surface area contributed by atoms with Gasteiger partial charge in [-0.25, -0.2) is 23.5 Å². The SMILES string of the molecule is CC1CC2CC(C1)C(NC(=O)c1cnc(N3CC4(CCCC4)c4cc(O[C@H]5CC[C@H](N6CC(F)(F)C6)CC5)ccc43)nc1C(F)(F)F)(C(=O)O)C2. The molecule has 2 aromatic rings. The summed E-state index contributed by atoms with van der Waals surface area (Å²) in [6.07, 6.45) is 4.74. The maximum Gasteiger partial charge on any atom is 0.434 e. The Morgan fingerprint density at radius 3 is 2.41 bits per heavy atom. The quantitative estimate of drug-likeness (QED) is 0.292. The number of anilines is 2. The molecule has 276 valence electrons. The van der Waals surface area contributed by atoms with Crippen LogP contribution in [0.25, 0.3) is 0 Å². The number of carboxylic acids is 1. The minimum Gasteiger partial charge on any atom is -0.490 e. The van der Waals surface area contributed by atoms with E-state index in [1.165, 1.54) is 0 Å². The molecule has 5 fully saturated rings. The van der Waals surface area contributed by atoms with Crippen molar-refractivity contribution < 1.29 is 41.4 Å². The van der Waals surface area contributed by atoms with Gasteiger partial charge in [-0.15, -0.1) is 0 Å². The number of aromatic nitrogens is 2. The molecular weight excluding hydrogens is 673 g/mol. The Labute approximate surface area is 293 Å². The normalized spacial score (nSPS) is 32.4. The standard InChI is InChI=1S/C37H44F5N5O4/c1-21-12-22-14-23(13-21)36(16-22,32(49)50)45-31(48)27-17-43-33(44-30(27)37(40,41)42)47-18-34(10-2-3-11-34)28-15-26(8-9-29(28)47)51-25-6-4-24(5-7-25)46-19-35(38,39)20-46/h8-9,15,17,21-25H,2-7,10-14,16,18-20H2,1H3,(H,45,48)(H,49,50)/t21?,22?,23?,24-,25-,36?. The van der Waals surface area contributed by atoms with Crippen molar-refractivity contribution >= 4 is 23.5 Å². The van der Waals surface area contributed by atoms with Gasteiger partial charge in [-0.05, 0) is 106 Å². The number of halogens is 5. The predicted molar refractivity (Wildman–Crippen MR) is 176 cm³/mol. The molecule has 1 aromatic heterocycles. The molecule has 3 heterocycles. The minimum atomic E-state index is -5.00. The van der Waals surface area contributed by atoms with E-state index in [0.29, 0.717) is 30.8 Å². The average molecular weight is 718 g/mol. The minimum absolute atomic E-state index is 0.0538. The van der Waals surface area contributed by atoms with Gasteiger partial charge in [0.15, 0.2) is 5.69 Å². The molecule has 4 atom stereocenters. The molecule has 1 spiro atoms. The predicted octanol–water partition coefficient (Wildman–Crippen LogP) is 7.11. The van der Waals surface area contributed by atoms with Gasteiger partial charge in [-0.3, -0.25) is 9.69 Å². The molecule has 2 aliphatic heterocycles. The van der Waals surface area contributed by atoms with Gasteiger partial charge in [0.2, 0.25) is 5.95 Å². The van der Waals surface area contributed by atoms with Crippen molar-refractivity contribution in [1.29, 1.82) is 0 Å². The number of nitrogens with one attached hydrogen (secondary N) is 1. The monoisotopic (exact) mass is 717 g/mol. The van der Waals surface area contributed by atoms with Crippen LogP contribution in [0, 0.1) is 17.8 Å². The molecule has 1 amide bonds. The third kappa shape index (κ3) is 6.12. The third-order valence-electron chi connectivity index (χ3n) is 12.8. The van der Waals surface area contributed by atoms with Crippen molar-refractivity contribution in [3.63, 3.8) is 0 Å². The number of amides is 1. The molecule has 6 aliphatic rings. The largest absolute Gasteiger partial charge is 0.490 e. The lowest BCUT2D eigenvalue weighted by atomic mass is 9.78. The van der Waals surface area contributed by atoms with Gasteiger partial charge >= 0.3 is 12.1 Å². The summed E-state index contributed by atoms with van der Waals surface area (Å²) in [6, 6.07) is 5.76. The molecule has 8 rings (SSSR count). The lowest BCUT2D eigenvalue weighted by Crippen LogP contribution is -2.60. The van der Waals surface area contributed by atoms with Gasteiger partial charge in [0.25, 0.3) is 11.8 Å². The fraction of sp³-hybridized carbons (Fsp3) is 0.676. The lowest BCUT2D eigenvalue weighted by molar-refractivity contribution is -0.151. The number of carbonyl (C=O) groups is 2. The Hall–Kier alpha value is -3.55. The first kappa shape index (κ1) is 34.5. The van der Waals surface area contributed by atoms with Crippen molar-refractivity contribution in [1.82, 2.24) is 20.2 Å². The van der Waals surface area contributed by atoms with Gasteiger partial charge < -0.3 is 20.1 Å². The Bertz CT molecular complexity index is 1700. The molecule has 9 nitrogen and oxygen atoms in total. The first-order valence-corrected chi connectivity index (χ1v) is 18.4. The van der Waals surface area contributed by atoms with Crippen LogP contribution >= 0.6 is 0 Å². The number of rotatable bonds is 7. The van der Waals surface area contributed by atoms with Crippen molar-refractivity contribution in [2.75, 3.05) is 24.5 Å². The number of hydrogen-bond acceptors (Lipinski definition) is 7. The van der Waals surface area contributed by atoms with Crippen molar-refractivity contribution in [3.8, 4) is 5.75 Å². The highest BCUT2D eigenvalue weighted by Gasteiger charge is 2.57. The Balaban J connectivity index is 1.04. The molecule has 4 saturated carbocycles. The van der Waals surface area contributed by atoms with Gasteiger partial charge in [0.05, 0.1) is 24.8 Å². The summed E-state index contributed by atoms with van der Waals surface area (Å²) in [6.45, 7) is 2.05. The fourth-order valence-corrected chi connectivity index (χ4v) is 10.5. The Kier molecular flexibility index (Phi) is 8.30. The zero-order chi connectivity index (χ0) is 35.9. The summed E-state index contributed by atoms with van der Waals surface area (Å²) >= 11 is 0. The molecule has 1 aromatic carbocycles. The Morgan fingerprint density at radius 2 is 1.75 bits per heavy atom. The van der Waals surface area contributed by atoms with Crippen molar-refractivity contribution in [3.05, 3.63) is 41.2 Å². The number of carboxylic acid groups (broad SMARTS) is 1. The summed E-state index contributed by atoms with van der Waals surface area (Å²) in [4.78, 5) is 38.0. The lowest BCUT2D eigenvalue weighted by Gasteiger charge is -2.46. The maximum atomic E-state index is 14.6. The number of carbonyl (C=O) groups excluding carboxylic acids is 1. The van der Waals surface area contributed by atoms with E-state index in [9.17, 15) is 36.6 Å². The van der Waals surface area contributed by atoms with E-state index in [1.807, 2.05) is 24.0 Å². The van der Waals surface area contributed by atoms with E-state index in [4.69, 9.17) is 4.74 Å². The molecule has 4 unspecified atom stereocenters. The van der Waals surface area contributed by atoms with Gasteiger partial charge in [-0.2, -0.15) is 13.2 Å². The summed E-state index contributed by atoms with van der Waals surface area (Å²) in [7, 11) is 0. The van der Waals surface area contributed by atoms with Crippen LogP contribution in [0.15, 0.2) is 24.4 Å². The first-order chi connectivity index (χ1) is 24.1. The summed E-state index contributed by atoms with van der Waals surface area (Å²) < 4.78 is 77.1. The second-order valence-electron chi connectivity index (χ2n) is 16.3. The van der Waals surface area contributed by atoms with Crippen molar-refractivity contribution in [2.45, 2.75) is 119 Å². The summed E-state index contributed by atoms with van der Waals surface area (Å²) in [5, 5.41) is 12.8. The summed E-state index contributed by atoms with van der Waals surface area (Å²) in [5.74, 6) is -4.47. The zero-order valence-electron chi connectivity index (χ0n) is 28.7. The van der Waals surface area contributed by atoms with E-state index in [1.54, 1.807) is 11.0 Å². The number of ether oxygens (including phenoxy) is 1. The van der Waals surface area contributed by atoms with Gasteiger partial charge in [0.1, 0.15) is 11.3 Å². The first-order valence-electron chi connectivity index (χ1n) is 18.4. The van der Waals surface area contributed by atoms with Gasteiger partial charge in [-0.1, -0.05) is 19.8 Å². The molecule has 1 saturated heterocycles. The molecule has 2 bridgehead atoms. The van der Waals surface area contributed by atoms with Gasteiger partial charge in [0, 0.05) is 29.9 Å². The Morgan fingerprint density at radius 1 is 1.02 bits per heavy atom. The topological polar surface area (TPSA) is 108 Å². The van der Waals surface area contributed by atoms with E-state index in [2.05, 4.69) is 15.3 Å². The number of nitrogens with zero attached hydrogens (tertiary/aromatic N) is 4. The number of fused-ring (bicyclic) bond motifs is 4. The zero-order valence-corrected chi connectivity index (χ0v) is 28.7. The second-order valence-corrected chi connectivity index (χ2v) is 16.3. The molecule has 0 radical (unpaired) electrons. The van der Waals surface area contributed by atoms with Crippen LogP contribution in [-0.4, -0.2) is 75.1 Å². The van der Waals surface area contributed by atoms with Crippen LogP contribution in [0.5, 0.6) is 5.75 Å². The highest BCUT2D eigenvalue weighted by atomic mass is 19.4. The second kappa shape index (κ2) is 12.3. The average Bonchev–Trinajstić information content (AvgIpc) is 3.74. The van der Waals surface area contributed by atoms with E-state index in [-0.39, 0.29) is 60.8 Å². The highest BCUT2D eigenvalue weighted by Crippen LogP contribution is 2.54. The van der Waals surface area contributed by atoms with E-state index < -0.39 is 40.8 Å².